The third kappa shape index (κ3) is 7.12. The summed E-state index contributed by atoms with van der Waals surface area (Å²) in [6.07, 6.45) is 5.33. The van der Waals surface area contributed by atoms with Crippen LogP contribution in [-0.2, 0) is 4.12 Å². The van der Waals surface area contributed by atoms with E-state index in [9.17, 15) is 0 Å². The van der Waals surface area contributed by atoms with Gasteiger partial charge in [-0.1, -0.05) is 32.6 Å². The van der Waals surface area contributed by atoms with Crippen LogP contribution < -0.4 is 0 Å². The van der Waals surface area contributed by atoms with Gasteiger partial charge in [0.15, 0.2) is 0 Å². The van der Waals surface area contributed by atoms with Crippen molar-refractivity contribution in [1.82, 2.24) is 0 Å². The van der Waals surface area contributed by atoms with Crippen LogP contribution in [-0.4, -0.2) is 18.0 Å². The molecule has 0 saturated heterocycles. The van der Waals surface area contributed by atoms with Gasteiger partial charge in [0.2, 0.25) is 7.47 Å². The third-order valence-corrected chi connectivity index (χ3v) is 9.05. The molecule has 1 nitrogen and oxygen atoms in total. The van der Waals surface area contributed by atoms with Gasteiger partial charge in [-0.05, 0) is 12.6 Å². The van der Waals surface area contributed by atoms with Crippen molar-refractivity contribution in [1.29, 1.82) is 0 Å². The highest BCUT2D eigenvalue weighted by Crippen LogP contribution is 2.18. The summed E-state index contributed by atoms with van der Waals surface area (Å²) < 4.78 is 5.46. The third-order valence-electron chi connectivity index (χ3n) is 1.93. The quantitative estimate of drug-likeness (QED) is 0.398. The Morgan fingerprint density at radius 1 is 1.36 bits per heavy atom. The van der Waals surface area contributed by atoms with Gasteiger partial charge in [0.1, 0.15) is 10.5 Å². The molecule has 0 aliphatic carbocycles. The maximum absolute atomic E-state index is 5.46. The van der Waals surface area contributed by atoms with Crippen LogP contribution in [0.5, 0.6) is 0 Å². The van der Waals surface area contributed by atoms with E-state index in [2.05, 4.69) is 25.5 Å². The molecule has 0 aliphatic rings. The molecule has 0 rings (SSSR count). The Morgan fingerprint density at radius 3 is 2.45 bits per heavy atom. The van der Waals surface area contributed by atoms with E-state index < -0.39 is 7.47 Å². The zero-order chi connectivity index (χ0) is 8.74. The summed E-state index contributed by atoms with van der Waals surface area (Å²) in [6, 6.07) is 1.22. The summed E-state index contributed by atoms with van der Waals surface area (Å²) in [4.78, 5) is 0. The summed E-state index contributed by atoms with van der Waals surface area (Å²) in [7, 11) is -0.619. The van der Waals surface area contributed by atoms with Gasteiger partial charge >= 0.3 is 0 Å². The second-order valence-corrected chi connectivity index (χ2v) is 10.5. The summed E-state index contributed by atoms with van der Waals surface area (Å²) in [5.41, 5.74) is 0. The topological polar surface area (TPSA) is 9.23 Å². The number of hydrogen-bond acceptors (Lipinski definition) is 2. The number of unbranched alkanes of at least 4 members (excludes halogenated alkanes) is 3. The Balaban J connectivity index is 3.23. The van der Waals surface area contributed by atoms with Crippen LogP contribution in [0.4, 0.5) is 0 Å². The van der Waals surface area contributed by atoms with Gasteiger partial charge in [-0.15, -0.1) is 0 Å². The van der Waals surface area contributed by atoms with Crippen LogP contribution in [0.1, 0.15) is 32.6 Å². The molecule has 1 unspecified atom stereocenters. The minimum Gasteiger partial charge on any atom is -0.456 e. The Morgan fingerprint density at radius 2 is 2.00 bits per heavy atom. The van der Waals surface area contributed by atoms with Crippen molar-refractivity contribution in [3.63, 3.8) is 0 Å². The summed E-state index contributed by atoms with van der Waals surface area (Å²) in [5.74, 6) is 0. The Bertz CT molecular complexity index is 98.4. The van der Waals surface area contributed by atoms with Gasteiger partial charge in [-0.2, -0.15) is 12.1 Å². The van der Waals surface area contributed by atoms with Crippen molar-refractivity contribution in [2.24, 2.45) is 0 Å². The number of hydrogen-bond donors (Lipinski definition) is 1. The van der Waals surface area contributed by atoms with Gasteiger partial charge in [-0.25, -0.2) is 0 Å². The van der Waals surface area contributed by atoms with Gasteiger partial charge in [0.05, 0.1) is 0 Å². The van der Waals surface area contributed by atoms with Crippen LogP contribution in [0.15, 0.2) is 0 Å². The molecule has 0 amide bonds. The van der Waals surface area contributed by atoms with Crippen LogP contribution in [0.3, 0.4) is 0 Å². The summed E-state index contributed by atoms with van der Waals surface area (Å²) in [5, 5.41) is 0. The minimum atomic E-state index is -1.47. The molecule has 0 aromatic carbocycles. The standard InChI is InChI=1S/C7H20OSSi2/c1-3-4-5-6-7-11(2,9)8-10/h9H,3-7H2,1-2,10H3. The lowest BCUT2D eigenvalue weighted by molar-refractivity contribution is 0.608. The predicted molar refractivity (Wildman–Crippen MR) is 60.6 cm³/mol. The maximum Gasteiger partial charge on any atom is 0.236 e. The van der Waals surface area contributed by atoms with Crippen LogP contribution >= 0.6 is 12.1 Å². The zero-order valence-electron chi connectivity index (χ0n) is 7.89. The molecule has 4 heteroatoms. The SMILES string of the molecule is CCCCCC[Si](C)(S)O[SiH3]. The number of rotatable bonds is 6. The Labute approximate surface area is 79.6 Å². The molecule has 0 aromatic heterocycles. The van der Waals surface area contributed by atoms with Crippen LogP contribution in [0.25, 0.3) is 0 Å². The Hall–Kier alpha value is 0.744. The van der Waals surface area contributed by atoms with Crippen LogP contribution in [0.2, 0.25) is 12.6 Å². The lowest BCUT2D eigenvalue weighted by Crippen LogP contribution is -2.25. The van der Waals surface area contributed by atoms with Crippen molar-refractivity contribution < 1.29 is 4.12 Å². The summed E-state index contributed by atoms with van der Waals surface area (Å²) in [6.45, 7) is 4.43. The van der Waals surface area contributed by atoms with E-state index in [4.69, 9.17) is 4.12 Å². The fourth-order valence-corrected chi connectivity index (χ4v) is 3.18. The van der Waals surface area contributed by atoms with Crippen molar-refractivity contribution in [3.8, 4) is 0 Å². The first-order chi connectivity index (χ1) is 5.12. The fourth-order valence-electron chi connectivity index (χ4n) is 0.982. The average molecular weight is 208 g/mol. The summed E-state index contributed by atoms with van der Waals surface area (Å²) >= 11 is 4.54. The zero-order valence-corrected chi connectivity index (χ0v) is 11.8. The molecule has 0 bridgehead atoms. The second-order valence-electron chi connectivity index (χ2n) is 3.19. The molecular formula is C7H20OSSi2. The van der Waals surface area contributed by atoms with Crippen molar-refractivity contribution >= 4 is 30.0 Å². The molecule has 0 N–H and O–H groups in total. The van der Waals surface area contributed by atoms with E-state index in [0.717, 1.165) is 10.5 Å². The molecule has 1 atom stereocenters. The molecule has 0 aromatic rings. The first-order valence-electron chi connectivity index (χ1n) is 4.40. The highest BCUT2D eigenvalue weighted by atomic mass is 32.3. The molecular weight excluding hydrogens is 188 g/mol. The molecule has 0 aliphatic heterocycles. The van der Waals surface area contributed by atoms with Gasteiger partial charge < -0.3 is 4.12 Å². The average Bonchev–Trinajstić information content (AvgIpc) is 1.99. The smallest absolute Gasteiger partial charge is 0.236 e. The van der Waals surface area contributed by atoms with E-state index in [1.54, 1.807) is 0 Å². The maximum atomic E-state index is 5.46. The molecule has 0 spiro atoms. The molecule has 0 radical (unpaired) electrons. The minimum absolute atomic E-state index is 0.852. The molecule has 68 valence electrons. The monoisotopic (exact) mass is 208 g/mol. The molecule has 0 fully saturated rings. The van der Waals surface area contributed by atoms with E-state index in [1.165, 1.54) is 31.7 Å². The van der Waals surface area contributed by atoms with E-state index in [-0.39, 0.29) is 0 Å². The molecule has 0 saturated carbocycles. The molecule has 11 heavy (non-hydrogen) atoms. The predicted octanol–water partition coefficient (Wildman–Crippen LogP) is 1.87. The highest BCUT2D eigenvalue weighted by molar-refractivity contribution is 8.13. The van der Waals surface area contributed by atoms with Crippen molar-refractivity contribution in [3.05, 3.63) is 0 Å². The van der Waals surface area contributed by atoms with E-state index in [0.29, 0.717) is 0 Å². The van der Waals surface area contributed by atoms with Gasteiger partial charge in [0, 0.05) is 0 Å². The second kappa shape index (κ2) is 6.28. The van der Waals surface area contributed by atoms with E-state index >= 15 is 0 Å². The van der Waals surface area contributed by atoms with E-state index in [1.807, 2.05) is 0 Å². The van der Waals surface area contributed by atoms with Gasteiger partial charge in [0.25, 0.3) is 0 Å². The van der Waals surface area contributed by atoms with Crippen molar-refractivity contribution in [2.45, 2.75) is 45.2 Å². The Kier molecular flexibility index (Phi) is 6.71. The largest absolute Gasteiger partial charge is 0.456 e. The van der Waals surface area contributed by atoms with Crippen LogP contribution in [0, 0.1) is 0 Å². The molecule has 0 heterocycles. The first-order valence-corrected chi connectivity index (χ1v) is 9.12. The lowest BCUT2D eigenvalue weighted by atomic mass is 10.2. The van der Waals surface area contributed by atoms with Gasteiger partial charge in [-0.3, -0.25) is 0 Å². The lowest BCUT2D eigenvalue weighted by Gasteiger charge is -2.18. The normalized spacial score (nSPS) is 16.6. The first kappa shape index (κ1) is 11.7. The van der Waals surface area contributed by atoms with Crippen molar-refractivity contribution in [2.75, 3.05) is 0 Å². The fraction of sp³-hybridized carbons (Fsp3) is 1.00. The highest BCUT2D eigenvalue weighted by Gasteiger charge is 2.20. The number of thiol groups is 1.